The van der Waals surface area contributed by atoms with Gasteiger partial charge in [0.05, 0.1) is 17.7 Å². The number of ether oxygens (including phenoxy) is 2. The fourth-order valence-corrected chi connectivity index (χ4v) is 3.67. The first-order valence-electron chi connectivity index (χ1n) is 12.4. The molecule has 0 saturated carbocycles. The van der Waals surface area contributed by atoms with Crippen molar-refractivity contribution in [2.75, 3.05) is 6.61 Å². The van der Waals surface area contributed by atoms with Crippen LogP contribution in [0.1, 0.15) is 105 Å². The zero-order valence-electron chi connectivity index (χ0n) is 19.9. The van der Waals surface area contributed by atoms with Gasteiger partial charge >= 0.3 is 5.97 Å². The third-order valence-electron chi connectivity index (χ3n) is 5.70. The zero-order chi connectivity index (χ0) is 23.7. The topological polar surface area (TPSA) is 72.8 Å². The van der Waals surface area contributed by atoms with E-state index in [2.05, 4.69) is 6.92 Å². The third kappa shape index (κ3) is 10.6. The molecule has 0 radical (unpaired) electrons. The highest BCUT2D eigenvalue weighted by atomic mass is 16.5. The lowest BCUT2D eigenvalue weighted by molar-refractivity contribution is 0.0734. The molecule has 0 saturated heterocycles. The number of hydrogen-bond donors (Lipinski definition) is 1. The molecule has 2 aromatic rings. The maximum Gasteiger partial charge on any atom is 0.343 e. The van der Waals surface area contributed by atoms with E-state index in [9.17, 15) is 14.7 Å². The first-order valence-corrected chi connectivity index (χ1v) is 12.4. The normalized spacial score (nSPS) is 10.7. The average molecular weight is 455 g/mol. The summed E-state index contributed by atoms with van der Waals surface area (Å²) in [6, 6.07) is 10.9. The Balaban J connectivity index is 1.56. The number of rotatable bonds is 17. The highest BCUT2D eigenvalue weighted by Crippen LogP contribution is 2.23. The molecule has 180 valence electrons. The average Bonchev–Trinajstić information content (AvgIpc) is 2.82. The van der Waals surface area contributed by atoms with Gasteiger partial charge in [0.15, 0.2) is 6.29 Å². The van der Waals surface area contributed by atoms with Crippen LogP contribution < -0.4 is 9.47 Å². The van der Waals surface area contributed by atoms with E-state index in [-0.39, 0.29) is 17.1 Å². The number of aldehydes is 1. The van der Waals surface area contributed by atoms with Crippen LogP contribution in [-0.2, 0) is 0 Å². The molecule has 0 fully saturated rings. The molecule has 0 aliphatic carbocycles. The Labute approximate surface area is 198 Å². The van der Waals surface area contributed by atoms with Crippen molar-refractivity contribution in [1.29, 1.82) is 0 Å². The summed E-state index contributed by atoms with van der Waals surface area (Å²) in [4.78, 5) is 23.0. The fourth-order valence-electron chi connectivity index (χ4n) is 3.67. The molecular formula is C28H38O5. The summed E-state index contributed by atoms with van der Waals surface area (Å²) in [6.07, 6.45) is 16.3. The molecule has 0 bridgehead atoms. The van der Waals surface area contributed by atoms with Crippen LogP contribution in [0.2, 0.25) is 0 Å². The molecule has 33 heavy (non-hydrogen) atoms. The number of phenolic OH excluding ortho intramolecular Hbond substituents is 1. The summed E-state index contributed by atoms with van der Waals surface area (Å²) in [5, 5.41) is 9.69. The van der Waals surface area contributed by atoms with Crippen molar-refractivity contribution in [3.8, 4) is 17.2 Å². The molecule has 0 aliphatic heterocycles. The maximum atomic E-state index is 12.3. The lowest BCUT2D eigenvalue weighted by Crippen LogP contribution is -2.08. The first kappa shape index (κ1) is 26.4. The van der Waals surface area contributed by atoms with Crippen molar-refractivity contribution in [3.05, 3.63) is 53.6 Å². The summed E-state index contributed by atoms with van der Waals surface area (Å²) in [7, 11) is 0. The van der Waals surface area contributed by atoms with Crippen LogP contribution in [0.15, 0.2) is 42.5 Å². The third-order valence-corrected chi connectivity index (χ3v) is 5.70. The second-order valence-corrected chi connectivity index (χ2v) is 8.49. The van der Waals surface area contributed by atoms with E-state index in [0.29, 0.717) is 18.5 Å². The zero-order valence-corrected chi connectivity index (χ0v) is 19.9. The molecule has 0 amide bonds. The number of aromatic hydroxyl groups is 1. The number of hydrogen-bond acceptors (Lipinski definition) is 5. The molecule has 0 aliphatic rings. The van der Waals surface area contributed by atoms with Crippen LogP contribution in [0.3, 0.4) is 0 Å². The molecule has 5 heteroatoms. The quantitative estimate of drug-likeness (QED) is 0.116. The molecule has 2 rings (SSSR count). The van der Waals surface area contributed by atoms with Gasteiger partial charge in [0, 0.05) is 6.07 Å². The van der Waals surface area contributed by atoms with Gasteiger partial charge in [-0.05, 0) is 42.8 Å². The van der Waals surface area contributed by atoms with Crippen molar-refractivity contribution >= 4 is 12.3 Å². The molecule has 2 aromatic carbocycles. The minimum atomic E-state index is -0.541. The smallest absolute Gasteiger partial charge is 0.343 e. The second-order valence-electron chi connectivity index (χ2n) is 8.49. The van der Waals surface area contributed by atoms with Crippen LogP contribution in [-0.4, -0.2) is 24.0 Å². The lowest BCUT2D eigenvalue weighted by atomic mass is 10.1. The van der Waals surface area contributed by atoms with Crippen molar-refractivity contribution in [2.45, 2.75) is 84.0 Å². The number of carbonyl (C=O) groups is 2. The Hall–Kier alpha value is -2.82. The predicted molar refractivity (Wildman–Crippen MR) is 131 cm³/mol. The largest absolute Gasteiger partial charge is 0.507 e. The summed E-state index contributed by atoms with van der Waals surface area (Å²) in [5.74, 6) is 0.135. The van der Waals surface area contributed by atoms with Crippen molar-refractivity contribution in [1.82, 2.24) is 0 Å². The minimum absolute atomic E-state index is 0.143. The molecule has 1 N–H and O–H groups in total. The molecule has 0 aromatic heterocycles. The van der Waals surface area contributed by atoms with E-state index in [0.717, 1.165) is 12.2 Å². The van der Waals surface area contributed by atoms with Crippen molar-refractivity contribution < 1.29 is 24.2 Å². The van der Waals surface area contributed by atoms with Crippen LogP contribution in [0.25, 0.3) is 0 Å². The second kappa shape index (κ2) is 15.9. The lowest BCUT2D eigenvalue weighted by Gasteiger charge is -2.08. The summed E-state index contributed by atoms with van der Waals surface area (Å²) in [5.41, 5.74) is 0.524. The van der Waals surface area contributed by atoms with Gasteiger partial charge in [-0.2, -0.15) is 0 Å². The Morgan fingerprint density at radius 2 is 1.33 bits per heavy atom. The highest BCUT2D eigenvalue weighted by molar-refractivity contribution is 5.91. The van der Waals surface area contributed by atoms with Crippen LogP contribution in [0.5, 0.6) is 17.2 Å². The van der Waals surface area contributed by atoms with Crippen LogP contribution >= 0.6 is 0 Å². The monoisotopic (exact) mass is 454 g/mol. The molecule has 0 unspecified atom stereocenters. The van der Waals surface area contributed by atoms with E-state index >= 15 is 0 Å². The van der Waals surface area contributed by atoms with Gasteiger partial charge < -0.3 is 14.6 Å². The van der Waals surface area contributed by atoms with E-state index in [4.69, 9.17) is 9.47 Å². The molecular weight excluding hydrogens is 416 g/mol. The van der Waals surface area contributed by atoms with Crippen molar-refractivity contribution in [3.63, 3.8) is 0 Å². The fraction of sp³-hybridized carbons (Fsp3) is 0.500. The van der Waals surface area contributed by atoms with Crippen LogP contribution in [0.4, 0.5) is 0 Å². The van der Waals surface area contributed by atoms with E-state index < -0.39 is 5.97 Å². The van der Waals surface area contributed by atoms with Crippen molar-refractivity contribution in [2.24, 2.45) is 0 Å². The molecule has 0 atom stereocenters. The number of carbonyl (C=O) groups excluding carboxylic acids is 2. The van der Waals surface area contributed by atoms with Gasteiger partial charge in [-0.15, -0.1) is 0 Å². The van der Waals surface area contributed by atoms with Gasteiger partial charge in [-0.25, -0.2) is 4.79 Å². The van der Waals surface area contributed by atoms with Gasteiger partial charge in [-0.3, -0.25) is 4.79 Å². The highest BCUT2D eigenvalue weighted by Gasteiger charge is 2.10. The number of esters is 1. The summed E-state index contributed by atoms with van der Waals surface area (Å²) >= 11 is 0. The first-order chi connectivity index (χ1) is 16.1. The Kier molecular flexibility index (Phi) is 12.7. The number of phenols is 1. The number of unbranched alkanes of at least 4 members (excludes halogenated alkanes) is 11. The van der Waals surface area contributed by atoms with E-state index in [1.807, 2.05) is 0 Å². The standard InChI is InChI=1S/C28H38O5/c1-2-3-4-5-6-7-8-9-10-11-12-13-20-32-25-17-14-23(15-18-25)28(31)33-26-19-16-24(22-29)27(30)21-26/h14-19,21-22,30H,2-13,20H2,1H3. The Morgan fingerprint density at radius 1 is 0.788 bits per heavy atom. The Bertz CT molecular complexity index is 829. The summed E-state index contributed by atoms with van der Waals surface area (Å²) < 4.78 is 11.0. The van der Waals surface area contributed by atoms with Gasteiger partial charge in [-0.1, -0.05) is 77.6 Å². The predicted octanol–water partition coefficient (Wildman–Crippen LogP) is 7.50. The molecule has 0 heterocycles. The molecule has 0 spiro atoms. The minimum Gasteiger partial charge on any atom is -0.507 e. The maximum absolute atomic E-state index is 12.3. The SMILES string of the molecule is CCCCCCCCCCCCCCOc1ccc(C(=O)Oc2ccc(C=O)c(O)c2)cc1. The Morgan fingerprint density at radius 3 is 1.88 bits per heavy atom. The summed E-state index contributed by atoms with van der Waals surface area (Å²) in [6.45, 7) is 2.93. The molecule has 5 nitrogen and oxygen atoms in total. The van der Waals surface area contributed by atoms with Gasteiger partial charge in [0.2, 0.25) is 0 Å². The number of benzene rings is 2. The van der Waals surface area contributed by atoms with Gasteiger partial charge in [0.25, 0.3) is 0 Å². The van der Waals surface area contributed by atoms with Crippen LogP contribution in [0, 0.1) is 0 Å². The van der Waals surface area contributed by atoms with Gasteiger partial charge in [0.1, 0.15) is 17.2 Å². The van der Waals surface area contributed by atoms with E-state index in [1.54, 1.807) is 24.3 Å². The van der Waals surface area contributed by atoms with E-state index in [1.165, 1.54) is 88.8 Å².